The van der Waals surface area contributed by atoms with Gasteiger partial charge in [0.25, 0.3) is 0 Å². The van der Waals surface area contributed by atoms with Gasteiger partial charge in [-0.1, -0.05) is 20.8 Å². The third-order valence-electron chi connectivity index (χ3n) is 2.34. The van der Waals surface area contributed by atoms with E-state index in [9.17, 15) is 14.4 Å². The van der Waals surface area contributed by atoms with E-state index in [2.05, 4.69) is 5.32 Å². The Balaban J connectivity index is 4.14. The molecule has 0 rings (SSSR count). The number of carbonyl (C=O) groups excluding carboxylic acids is 2. The van der Waals surface area contributed by atoms with Gasteiger partial charge in [-0.3, -0.25) is 9.59 Å². The van der Waals surface area contributed by atoms with Crippen LogP contribution in [0.2, 0.25) is 0 Å². The molecule has 0 heterocycles. The summed E-state index contributed by atoms with van der Waals surface area (Å²) in [6.45, 7) is 5.36. The molecule has 0 aromatic carbocycles. The highest BCUT2D eigenvalue weighted by atomic mass is 16.5. The average Bonchev–Trinajstić information content (AvgIpc) is 2.30. The SMILES string of the molecule is CCC(=O)N[C@H](C(=O)OCCCC(=O)O)C(C)C. The van der Waals surface area contributed by atoms with Gasteiger partial charge >= 0.3 is 11.9 Å². The number of carbonyl (C=O) groups is 3. The van der Waals surface area contributed by atoms with Crippen LogP contribution in [0.5, 0.6) is 0 Å². The monoisotopic (exact) mass is 259 g/mol. The first-order valence-electron chi connectivity index (χ1n) is 6.06. The zero-order chi connectivity index (χ0) is 14.1. The second-order valence-electron chi connectivity index (χ2n) is 4.31. The molecular formula is C12H21NO5. The zero-order valence-electron chi connectivity index (χ0n) is 11.1. The lowest BCUT2D eigenvalue weighted by molar-refractivity contribution is -0.150. The van der Waals surface area contributed by atoms with Gasteiger partial charge in [-0.05, 0) is 12.3 Å². The molecule has 0 unspecified atom stereocenters. The second kappa shape index (κ2) is 8.49. The third-order valence-corrected chi connectivity index (χ3v) is 2.34. The van der Waals surface area contributed by atoms with Crippen LogP contribution in [0.1, 0.15) is 40.0 Å². The minimum absolute atomic E-state index is 0.0407. The van der Waals surface area contributed by atoms with Crippen molar-refractivity contribution in [3.63, 3.8) is 0 Å². The summed E-state index contributed by atoms with van der Waals surface area (Å²) in [5.74, 6) is -1.73. The van der Waals surface area contributed by atoms with Crippen molar-refractivity contribution in [3.05, 3.63) is 0 Å². The molecule has 0 bridgehead atoms. The van der Waals surface area contributed by atoms with E-state index in [1.165, 1.54) is 0 Å². The van der Waals surface area contributed by atoms with Crippen LogP contribution in [-0.4, -0.2) is 35.6 Å². The molecule has 0 saturated carbocycles. The maximum Gasteiger partial charge on any atom is 0.328 e. The Kier molecular flexibility index (Phi) is 7.74. The first-order chi connectivity index (χ1) is 8.38. The number of rotatable bonds is 8. The summed E-state index contributed by atoms with van der Waals surface area (Å²) >= 11 is 0. The summed E-state index contributed by atoms with van der Waals surface area (Å²) in [6, 6.07) is -0.678. The number of hydrogen-bond acceptors (Lipinski definition) is 4. The first-order valence-corrected chi connectivity index (χ1v) is 6.06. The number of aliphatic carboxylic acids is 1. The third kappa shape index (κ3) is 6.88. The van der Waals surface area contributed by atoms with Crippen molar-refractivity contribution in [1.82, 2.24) is 5.32 Å². The van der Waals surface area contributed by atoms with Gasteiger partial charge in [-0.25, -0.2) is 4.79 Å². The Labute approximate surface area is 107 Å². The van der Waals surface area contributed by atoms with E-state index in [1.54, 1.807) is 20.8 Å². The minimum Gasteiger partial charge on any atom is -0.481 e. The molecule has 0 aromatic heterocycles. The summed E-state index contributed by atoms with van der Waals surface area (Å²) < 4.78 is 4.94. The van der Waals surface area contributed by atoms with Crippen LogP contribution in [0.15, 0.2) is 0 Å². The summed E-state index contributed by atoms with van der Waals surface area (Å²) in [6.07, 6.45) is 0.532. The molecular weight excluding hydrogens is 238 g/mol. The highest BCUT2D eigenvalue weighted by Crippen LogP contribution is 2.05. The topological polar surface area (TPSA) is 92.7 Å². The minimum atomic E-state index is -0.925. The Bertz CT molecular complexity index is 301. The molecule has 6 nitrogen and oxygen atoms in total. The van der Waals surface area contributed by atoms with Crippen LogP contribution in [0.25, 0.3) is 0 Å². The molecule has 0 aromatic rings. The maximum atomic E-state index is 11.7. The average molecular weight is 259 g/mol. The predicted octanol–water partition coefficient (Wildman–Crippen LogP) is 0.945. The molecule has 1 atom stereocenters. The predicted molar refractivity (Wildman–Crippen MR) is 64.9 cm³/mol. The number of amides is 1. The molecule has 0 aliphatic heterocycles. The number of esters is 1. The number of hydrogen-bond donors (Lipinski definition) is 2. The smallest absolute Gasteiger partial charge is 0.328 e. The van der Waals surface area contributed by atoms with Crippen molar-refractivity contribution in [2.75, 3.05) is 6.61 Å². The van der Waals surface area contributed by atoms with Gasteiger partial charge < -0.3 is 15.2 Å². The lowest BCUT2D eigenvalue weighted by Crippen LogP contribution is -2.45. The molecule has 104 valence electrons. The molecule has 0 fully saturated rings. The Morgan fingerprint density at radius 3 is 2.33 bits per heavy atom. The fourth-order valence-electron chi connectivity index (χ4n) is 1.26. The largest absolute Gasteiger partial charge is 0.481 e. The van der Waals surface area contributed by atoms with Crippen molar-refractivity contribution in [2.45, 2.75) is 46.1 Å². The van der Waals surface area contributed by atoms with Crippen LogP contribution in [0, 0.1) is 5.92 Å². The maximum absolute atomic E-state index is 11.7. The molecule has 1 amide bonds. The number of carboxylic acids is 1. The van der Waals surface area contributed by atoms with E-state index < -0.39 is 18.0 Å². The van der Waals surface area contributed by atoms with Crippen LogP contribution in [0.4, 0.5) is 0 Å². The fourth-order valence-corrected chi connectivity index (χ4v) is 1.26. The van der Waals surface area contributed by atoms with Crippen LogP contribution in [-0.2, 0) is 19.1 Å². The van der Waals surface area contributed by atoms with Crippen molar-refractivity contribution < 1.29 is 24.2 Å². The van der Waals surface area contributed by atoms with Crippen LogP contribution < -0.4 is 5.32 Å². The molecule has 2 N–H and O–H groups in total. The van der Waals surface area contributed by atoms with E-state index in [4.69, 9.17) is 9.84 Å². The van der Waals surface area contributed by atoms with Gasteiger partial charge in [-0.15, -0.1) is 0 Å². The van der Waals surface area contributed by atoms with Gasteiger partial charge in [0, 0.05) is 12.8 Å². The standard InChI is InChI=1S/C12H21NO5/c1-4-9(14)13-11(8(2)3)12(17)18-7-5-6-10(15)16/h8,11H,4-7H2,1-3H3,(H,13,14)(H,15,16)/t11-/m0/s1. The molecule has 0 radical (unpaired) electrons. The van der Waals surface area contributed by atoms with Crippen LogP contribution >= 0.6 is 0 Å². The fraction of sp³-hybridized carbons (Fsp3) is 0.750. The number of carboxylic acid groups (broad SMARTS) is 1. The van der Waals surface area contributed by atoms with Crippen molar-refractivity contribution in [1.29, 1.82) is 0 Å². The highest BCUT2D eigenvalue weighted by Gasteiger charge is 2.24. The van der Waals surface area contributed by atoms with E-state index in [0.29, 0.717) is 6.42 Å². The van der Waals surface area contributed by atoms with E-state index in [0.717, 1.165) is 0 Å². The molecule has 0 spiro atoms. The van der Waals surface area contributed by atoms with Gasteiger partial charge in [0.05, 0.1) is 6.61 Å². The molecule has 0 aliphatic rings. The molecule has 6 heteroatoms. The quantitative estimate of drug-likeness (QED) is 0.500. The van der Waals surface area contributed by atoms with Gasteiger partial charge in [-0.2, -0.15) is 0 Å². The van der Waals surface area contributed by atoms with E-state index in [-0.39, 0.29) is 31.3 Å². The Morgan fingerprint density at radius 1 is 1.28 bits per heavy atom. The normalized spacial score (nSPS) is 12.0. The summed E-state index contributed by atoms with van der Waals surface area (Å²) in [7, 11) is 0. The van der Waals surface area contributed by atoms with Crippen molar-refractivity contribution in [3.8, 4) is 0 Å². The van der Waals surface area contributed by atoms with E-state index in [1.807, 2.05) is 0 Å². The lowest BCUT2D eigenvalue weighted by atomic mass is 10.0. The van der Waals surface area contributed by atoms with E-state index >= 15 is 0 Å². The first kappa shape index (κ1) is 16.4. The van der Waals surface area contributed by atoms with Crippen LogP contribution in [0.3, 0.4) is 0 Å². The Morgan fingerprint density at radius 2 is 1.89 bits per heavy atom. The summed E-state index contributed by atoms with van der Waals surface area (Å²) in [5, 5.41) is 11.0. The molecule has 0 saturated heterocycles. The number of nitrogens with one attached hydrogen (secondary N) is 1. The van der Waals surface area contributed by atoms with Gasteiger partial charge in [0.1, 0.15) is 6.04 Å². The summed E-state index contributed by atoms with van der Waals surface area (Å²) in [5.41, 5.74) is 0. The summed E-state index contributed by atoms with van der Waals surface area (Å²) in [4.78, 5) is 33.2. The molecule has 18 heavy (non-hydrogen) atoms. The van der Waals surface area contributed by atoms with Gasteiger partial charge in [0.15, 0.2) is 0 Å². The second-order valence-corrected chi connectivity index (χ2v) is 4.31. The lowest BCUT2D eigenvalue weighted by Gasteiger charge is -2.20. The van der Waals surface area contributed by atoms with Crippen molar-refractivity contribution >= 4 is 17.8 Å². The highest BCUT2D eigenvalue weighted by molar-refractivity contribution is 5.84. The Hall–Kier alpha value is -1.59. The van der Waals surface area contributed by atoms with Crippen molar-refractivity contribution in [2.24, 2.45) is 5.92 Å². The molecule has 0 aliphatic carbocycles. The number of ether oxygens (including phenoxy) is 1. The van der Waals surface area contributed by atoms with Gasteiger partial charge in [0.2, 0.25) is 5.91 Å². The zero-order valence-corrected chi connectivity index (χ0v) is 11.1.